The molecule has 5 heteroatoms. The highest BCUT2D eigenvalue weighted by molar-refractivity contribution is 6.15. The molecule has 1 N–H and O–H groups in total. The fourth-order valence-corrected chi connectivity index (χ4v) is 8.24. The summed E-state index contributed by atoms with van der Waals surface area (Å²) in [6, 6.07) is 64.4. The first-order valence-electron chi connectivity index (χ1n) is 19.2. The molecule has 7 aromatic carbocycles. The number of para-hydroxylation sites is 3. The van der Waals surface area contributed by atoms with Crippen molar-refractivity contribution >= 4 is 56.5 Å². The van der Waals surface area contributed by atoms with Gasteiger partial charge in [-0.2, -0.15) is 0 Å². The highest BCUT2D eigenvalue weighted by atomic mass is 15.4. The van der Waals surface area contributed by atoms with Crippen molar-refractivity contribution in [2.75, 3.05) is 12.5 Å². The standard InChI is InChI=1S/C51H39N5/c1-52-50(37-15-5-2-6-16-37)53-51(38-17-7-3-8-18-38)54-56-48-24-14-12-22-43(48)45-34-40(30-32-49(45)56)36-27-25-35(26-28-36)39-29-31-47-44(33-39)42-21-11-13-23-46(42)55(47)41-19-9-4-10-20-41/h2-29,31-34,40H,30H2,1H3,(H,52,53,54). The van der Waals surface area contributed by atoms with Crippen LogP contribution in [0.5, 0.6) is 0 Å². The molecule has 0 bridgehead atoms. The number of nitrogens with one attached hydrogen (secondary N) is 1. The van der Waals surface area contributed by atoms with Crippen LogP contribution in [0.1, 0.15) is 29.0 Å². The van der Waals surface area contributed by atoms with E-state index in [1.54, 1.807) is 7.05 Å². The van der Waals surface area contributed by atoms with Gasteiger partial charge in [-0.25, -0.2) is 4.99 Å². The van der Waals surface area contributed by atoms with Crippen LogP contribution in [0.15, 0.2) is 192 Å². The lowest BCUT2D eigenvalue weighted by Gasteiger charge is -2.17. The van der Waals surface area contributed by atoms with Crippen molar-refractivity contribution in [1.29, 1.82) is 0 Å². The molecule has 2 aromatic heterocycles. The third-order valence-electron chi connectivity index (χ3n) is 11.0. The number of hydrogen-bond donors (Lipinski definition) is 1. The summed E-state index contributed by atoms with van der Waals surface area (Å²) >= 11 is 0. The van der Waals surface area contributed by atoms with Crippen molar-refractivity contribution in [3.63, 3.8) is 0 Å². The van der Waals surface area contributed by atoms with E-state index in [9.17, 15) is 0 Å². The molecule has 1 aliphatic rings. The lowest BCUT2D eigenvalue weighted by Crippen LogP contribution is -2.39. The van der Waals surface area contributed by atoms with Crippen molar-refractivity contribution in [3.8, 4) is 16.8 Å². The second kappa shape index (κ2) is 14.2. The van der Waals surface area contributed by atoms with E-state index >= 15 is 0 Å². The Labute approximate surface area is 325 Å². The monoisotopic (exact) mass is 721 g/mol. The Bertz CT molecular complexity index is 3060. The van der Waals surface area contributed by atoms with E-state index in [1.165, 1.54) is 54.8 Å². The predicted molar refractivity (Wildman–Crippen MR) is 235 cm³/mol. The van der Waals surface area contributed by atoms with E-state index in [-0.39, 0.29) is 5.92 Å². The topological polar surface area (TPSA) is 46.6 Å². The molecule has 0 spiro atoms. The zero-order chi connectivity index (χ0) is 37.4. The number of aromatic nitrogens is 2. The maximum atomic E-state index is 5.12. The minimum absolute atomic E-state index is 0.251. The van der Waals surface area contributed by atoms with Gasteiger partial charge >= 0.3 is 0 Å². The predicted octanol–water partition coefficient (Wildman–Crippen LogP) is 10.2. The van der Waals surface area contributed by atoms with E-state index in [1.807, 2.05) is 48.5 Å². The smallest absolute Gasteiger partial charge is 0.156 e. The molecule has 9 aromatic rings. The number of aliphatic imine (C=N–C) groups is 2. The number of rotatable bonds is 6. The van der Waals surface area contributed by atoms with Crippen LogP contribution in [0.25, 0.3) is 61.7 Å². The van der Waals surface area contributed by atoms with E-state index in [0.717, 1.165) is 34.2 Å². The van der Waals surface area contributed by atoms with E-state index < -0.39 is 0 Å². The van der Waals surface area contributed by atoms with Crippen molar-refractivity contribution in [2.24, 2.45) is 9.98 Å². The first-order valence-corrected chi connectivity index (χ1v) is 19.2. The molecule has 0 saturated carbocycles. The fraction of sp³-hybridized carbons (Fsp3) is 0.0588. The first-order chi connectivity index (χ1) is 27.7. The van der Waals surface area contributed by atoms with Gasteiger partial charge in [0.05, 0.1) is 21.9 Å². The number of nitrogens with zero attached hydrogens (tertiary/aromatic N) is 4. The van der Waals surface area contributed by atoms with Gasteiger partial charge in [-0.1, -0.05) is 158 Å². The molecule has 2 heterocycles. The van der Waals surface area contributed by atoms with Gasteiger partial charge in [0, 0.05) is 51.2 Å². The second-order valence-electron chi connectivity index (χ2n) is 14.3. The molecule has 1 atom stereocenters. The lowest BCUT2D eigenvalue weighted by molar-refractivity contribution is 0.894. The molecular formula is C51H39N5. The maximum absolute atomic E-state index is 5.12. The summed E-state index contributed by atoms with van der Waals surface area (Å²) in [7, 11) is 1.79. The van der Waals surface area contributed by atoms with E-state index in [2.05, 4.69) is 165 Å². The third kappa shape index (κ3) is 5.91. The molecule has 1 aliphatic carbocycles. The molecule has 0 fully saturated rings. The minimum atomic E-state index is 0.251. The van der Waals surface area contributed by atoms with Gasteiger partial charge < -0.3 is 4.57 Å². The fourth-order valence-electron chi connectivity index (χ4n) is 8.24. The van der Waals surface area contributed by atoms with Gasteiger partial charge in [0.15, 0.2) is 11.7 Å². The summed E-state index contributed by atoms with van der Waals surface area (Å²) in [6.45, 7) is 0. The number of amidine groups is 2. The summed E-state index contributed by atoms with van der Waals surface area (Å²) in [4.78, 5) is 9.69. The normalized spacial score (nSPS) is 14.4. The number of hydrogen-bond acceptors (Lipinski definition) is 1. The summed E-state index contributed by atoms with van der Waals surface area (Å²) in [5.74, 6) is 1.65. The molecule has 0 saturated heterocycles. The average molecular weight is 722 g/mol. The van der Waals surface area contributed by atoms with Crippen LogP contribution in [0.4, 0.5) is 0 Å². The van der Waals surface area contributed by atoms with Crippen LogP contribution < -0.4 is 16.0 Å². The lowest BCUT2D eigenvalue weighted by atomic mass is 9.90. The van der Waals surface area contributed by atoms with Crippen LogP contribution in [0, 0.1) is 0 Å². The van der Waals surface area contributed by atoms with E-state index in [0.29, 0.717) is 5.84 Å². The van der Waals surface area contributed by atoms with Gasteiger partial charge in [-0.05, 0) is 59.5 Å². The third-order valence-corrected chi connectivity index (χ3v) is 11.0. The average Bonchev–Trinajstić information content (AvgIpc) is 3.77. The first kappa shape index (κ1) is 33.3. The number of benzene rings is 7. The summed E-state index contributed by atoms with van der Waals surface area (Å²) in [5.41, 5.74) is 14.1. The van der Waals surface area contributed by atoms with Crippen molar-refractivity contribution < 1.29 is 0 Å². The second-order valence-corrected chi connectivity index (χ2v) is 14.3. The van der Waals surface area contributed by atoms with Crippen LogP contribution in [0.2, 0.25) is 0 Å². The quantitative estimate of drug-likeness (QED) is 0.135. The molecular weight excluding hydrogens is 683 g/mol. The van der Waals surface area contributed by atoms with Gasteiger partial charge in [-0.3, -0.25) is 15.1 Å². The van der Waals surface area contributed by atoms with Gasteiger partial charge in [0.2, 0.25) is 0 Å². The Morgan fingerprint density at radius 3 is 1.91 bits per heavy atom. The molecule has 268 valence electrons. The SMILES string of the molecule is C/N=C(\N=C(/Nn1c2c(c3ccccc31)=CC(c1ccc(-c3ccc4c(c3)c3ccccc3n4-c3ccccc3)cc1)CC=2)c1ccccc1)c1ccccc1. The van der Waals surface area contributed by atoms with Crippen LogP contribution in [-0.4, -0.2) is 28.0 Å². The molecule has 0 aliphatic heterocycles. The zero-order valence-corrected chi connectivity index (χ0v) is 31.0. The van der Waals surface area contributed by atoms with Crippen molar-refractivity contribution in [2.45, 2.75) is 12.3 Å². The largest absolute Gasteiger partial charge is 0.309 e. The minimum Gasteiger partial charge on any atom is -0.309 e. The molecule has 0 amide bonds. The maximum Gasteiger partial charge on any atom is 0.156 e. The Morgan fingerprint density at radius 1 is 0.571 bits per heavy atom. The highest BCUT2D eigenvalue weighted by Crippen LogP contribution is 2.35. The molecule has 0 radical (unpaired) electrons. The Hall–Kier alpha value is -7.24. The molecule has 10 rings (SSSR count). The Morgan fingerprint density at radius 2 is 1.18 bits per heavy atom. The van der Waals surface area contributed by atoms with Crippen LogP contribution in [0.3, 0.4) is 0 Å². The zero-order valence-electron chi connectivity index (χ0n) is 31.0. The van der Waals surface area contributed by atoms with Crippen molar-refractivity contribution in [3.05, 3.63) is 209 Å². The van der Waals surface area contributed by atoms with Crippen LogP contribution >= 0.6 is 0 Å². The summed E-state index contributed by atoms with van der Waals surface area (Å²) < 4.78 is 4.56. The van der Waals surface area contributed by atoms with Gasteiger partial charge in [0.25, 0.3) is 0 Å². The summed E-state index contributed by atoms with van der Waals surface area (Å²) in [5, 5.41) is 6.10. The van der Waals surface area contributed by atoms with Crippen LogP contribution in [-0.2, 0) is 0 Å². The number of fused-ring (bicyclic) bond motifs is 6. The van der Waals surface area contributed by atoms with E-state index in [4.69, 9.17) is 4.99 Å². The van der Waals surface area contributed by atoms with Crippen molar-refractivity contribution in [1.82, 2.24) is 9.24 Å². The molecule has 1 unspecified atom stereocenters. The highest BCUT2D eigenvalue weighted by Gasteiger charge is 2.19. The molecule has 5 nitrogen and oxygen atoms in total. The Kier molecular flexibility index (Phi) is 8.45. The van der Waals surface area contributed by atoms with Gasteiger partial charge in [0.1, 0.15) is 0 Å². The molecule has 56 heavy (non-hydrogen) atoms. The van der Waals surface area contributed by atoms with Gasteiger partial charge in [-0.15, -0.1) is 0 Å². The Balaban J connectivity index is 1.00. The summed E-state index contributed by atoms with van der Waals surface area (Å²) in [6.07, 6.45) is 5.70.